The van der Waals surface area contributed by atoms with Gasteiger partial charge >= 0.3 is 0 Å². The number of aromatic nitrogens is 4. The van der Waals surface area contributed by atoms with E-state index in [1.54, 1.807) is 11.2 Å². The molecule has 0 saturated carbocycles. The summed E-state index contributed by atoms with van der Waals surface area (Å²) >= 11 is 12.0. The molecule has 0 radical (unpaired) electrons. The molecule has 0 aliphatic carbocycles. The third kappa shape index (κ3) is 4.51. The van der Waals surface area contributed by atoms with Crippen molar-refractivity contribution in [3.05, 3.63) is 82.2 Å². The van der Waals surface area contributed by atoms with Gasteiger partial charge in [-0.05, 0) is 29.8 Å². The number of nitrogens with one attached hydrogen (secondary N) is 1. The van der Waals surface area contributed by atoms with E-state index < -0.39 is 0 Å². The van der Waals surface area contributed by atoms with Gasteiger partial charge in [-0.2, -0.15) is 5.10 Å². The average Bonchev–Trinajstić information content (AvgIpc) is 3.20. The molecular weight excluding hydrogens is 431 g/mol. The largest absolute Gasteiger partial charge is 0.345 e. The molecule has 0 spiro atoms. The first-order chi connectivity index (χ1) is 15.2. The van der Waals surface area contributed by atoms with Gasteiger partial charge in [0, 0.05) is 15.6 Å². The smallest absolute Gasteiger partial charge is 0.163 e. The van der Waals surface area contributed by atoms with Crippen LogP contribution in [-0.4, -0.2) is 45.9 Å². The second kappa shape index (κ2) is 8.83. The number of anilines is 1. The van der Waals surface area contributed by atoms with Crippen molar-refractivity contribution in [1.82, 2.24) is 19.7 Å². The molecule has 6 nitrogen and oxygen atoms in total. The van der Waals surface area contributed by atoms with Crippen LogP contribution in [0.3, 0.4) is 0 Å². The topological polar surface area (TPSA) is 51.3 Å². The van der Waals surface area contributed by atoms with Crippen LogP contribution in [0, 0.1) is 0 Å². The lowest BCUT2D eigenvalue weighted by atomic mass is 10.2. The van der Waals surface area contributed by atoms with Crippen molar-refractivity contribution in [1.29, 1.82) is 0 Å². The predicted octanol–water partition coefficient (Wildman–Crippen LogP) is 3.09. The fourth-order valence-corrected chi connectivity index (χ4v) is 4.37. The van der Waals surface area contributed by atoms with Crippen molar-refractivity contribution >= 4 is 40.1 Å². The first-order valence-corrected chi connectivity index (χ1v) is 11.2. The molecule has 0 unspecified atom stereocenters. The van der Waals surface area contributed by atoms with Gasteiger partial charge < -0.3 is 9.80 Å². The maximum absolute atomic E-state index is 6.00. The molecule has 1 saturated heterocycles. The number of nitrogens with zero attached hydrogens (tertiary/aromatic N) is 5. The van der Waals surface area contributed by atoms with Crippen LogP contribution < -0.4 is 9.80 Å². The minimum Gasteiger partial charge on any atom is -0.345 e. The second-order valence-electron chi connectivity index (χ2n) is 7.90. The van der Waals surface area contributed by atoms with Gasteiger partial charge in [0.05, 0.1) is 44.3 Å². The standard InChI is InChI=1S/C23H22Cl2N6/c24-19-5-1-17(2-6-19)14-29-9-11-30(12-10-29)22-21-13-28-31(23(21)27-16-26-22)15-18-3-7-20(25)8-4-18/h1-8,13,16H,9-12,14-15H2/p+1. The molecule has 31 heavy (non-hydrogen) atoms. The van der Waals surface area contributed by atoms with E-state index in [0.717, 1.165) is 65.2 Å². The Morgan fingerprint density at radius 3 is 2.16 bits per heavy atom. The fourth-order valence-electron chi connectivity index (χ4n) is 4.11. The SMILES string of the molecule is Clc1ccc(Cn2ncc3c(N4CC[NH+](Cc5ccc(Cl)cc5)CC4)ncnc32)cc1. The molecule has 2 aromatic heterocycles. The molecule has 0 amide bonds. The molecule has 4 aromatic rings. The Labute approximate surface area is 191 Å². The van der Waals surface area contributed by atoms with Crippen molar-refractivity contribution in [3.63, 3.8) is 0 Å². The molecule has 1 N–H and O–H groups in total. The lowest BCUT2D eigenvalue weighted by Gasteiger charge is -2.33. The summed E-state index contributed by atoms with van der Waals surface area (Å²) in [7, 11) is 0. The predicted molar refractivity (Wildman–Crippen MR) is 124 cm³/mol. The van der Waals surface area contributed by atoms with Gasteiger partial charge in [-0.15, -0.1) is 0 Å². The Bertz CT molecular complexity index is 1170. The van der Waals surface area contributed by atoms with Crippen LogP contribution in [0.5, 0.6) is 0 Å². The van der Waals surface area contributed by atoms with Crippen molar-refractivity contribution < 1.29 is 4.90 Å². The van der Waals surface area contributed by atoms with Gasteiger partial charge in [0.25, 0.3) is 0 Å². The van der Waals surface area contributed by atoms with Crippen LogP contribution in [0.25, 0.3) is 11.0 Å². The monoisotopic (exact) mass is 453 g/mol. The summed E-state index contributed by atoms with van der Waals surface area (Å²) in [6.07, 6.45) is 3.53. The van der Waals surface area contributed by atoms with Gasteiger partial charge in [-0.1, -0.05) is 47.5 Å². The van der Waals surface area contributed by atoms with Crippen molar-refractivity contribution in [2.75, 3.05) is 31.1 Å². The van der Waals surface area contributed by atoms with E-state index in [2.05, 4.69) is 32.1 Å². The van der Waals surface area contributed by atoms with E-state index in [1.165, 1.54) is 5.56 Å². The van der Waals surface area contributed by atoms with Crippen LogP contribution in [0.2, 0.25) is 10.0 Å². The average molecular weight is 454 g/mol. The second-order valence-corrected chi connectivity index (χ2v) is 8.78. The van der Waals surface area contributed by atoms with E-state index in [9.17, 15) is 0 Å². The zero-order valence-electron chi connectivity index (χ0n) is 17.0. The molecular formula is C23H23Cl2N6+. The Balaban J connectivity index is 1.29. The summed E-state index contributed by atoms with van der Waals surface area (Å²) in [5, 5.41) is 7.10. The Morgan fingerprint density at radius 2 is 1.48 bits per heavy atom. The molecule has 158 valence electrons. The third-order valence-corrected chi connectivity index (χ3v) is 6.30. The van der Waals surface area contributed by atoms with E-state index >= 15 is 0 Å². The highest BCUT2D eigenvalue weighted by atomic mass is 35.5. The van der Waals surface area contributed by atoms with Crippen molar-refractivity contribution in [3.8, 4) is 0 Å². The van der Waals surface area contributed by atoms with Gasteiger partial charge in [0.15, 0.2) is 5.65 Å². The summed E-state index contributed by atoms with van der Waals surface area (Å²) in [5.41, 5.74) is 3.31. The van der Waals surface area contributed by atoms with Crippen LogP contribution in [0.4, 0.5) is 5.82 Å². The fraction of sp³-hybridized carbons (Fsp3) is 0.261. The number of hydrogen-bond donors (Lipinski definition) is 1. The van der Waals surface area contributed by atoms with Gasteiger partial charge in [0.1, 0.15) is 18.7 Å². The summed E-state index contributed by atoms with van der Waals surface area (Å²) in [6.45, 7) is 5.70. The van der Waals surface area contributed by atoms with Crippen LogP contribution in [0.1, 0.15) is 11.1 Å². The summed E-state index contributed by atoms with van der Waals surface area (Å²) < 4.78 is 1.92. The highest BCUT2D eigenvalue weighted by Gasteiger charge is 2.23. The molecule has 3 heterocycles. The maximum Gasteiger partial charge on any atom is 0.163 e. The van der Waals surface area contributed by atoms with E-state index in [1.807, 2.05) is 47.3 Å². The van der Waals surface area contributed by atoms with E-state index in [4.69, 9.17) is 23.2 Å². The van der Waals surface area contributed by atoms with E-state index in [-0.39, 0.29) is 0 Å². The lowest BCUT2D eigenvalue weighted by Crippen LogP contribution is -3.13. The summed E-state index contributed by atoms with van der Waals surface area (Å²) in [6, 6.07) is 16.0. The normalized spacial score (nSPS) is 15.0. The number of piperazine rings is 1. The Hall–Kier alpha value is -2.67. The third-order valence-electron chi connectivity index (χ3n) is 5.80. The zero-order chi connectivity index (χ0) is 21.2. The van der Waals surface area contributed by atoms with Gasteiger partial charge in [0.2, 0.25) is 0 Å². The van der Waals surface area contributed by atoms with Gasteiger partial charge in [-0.3, -0.25) is 0 Å². The Morgan fingerprint density at radius 1 is 0.839 bits per heavy atom. The number of benzene rings is 2. The van der Waals surface area contributed by atoms with Gasteiger partial charge in [-0.25, -0.2) is 14.6 Å². The quantitative estimate of drug-likeness (QED) is 0.504. The maximum atomic E-state index is 6.00. The number of quaternary nitrogens is 1. The highest BCUT2D eigenvalue weighted by Crippen LogP contribution is 2.23. The number of halogens is 2. The molecule has 0 bridgehead atoms. The molecule has 0 atom stereocenters. The first-order valence-electron chi connectivity index (χ1n) is 10.4. The van der Waals surface area contributed by atoms with Crippen LogP contribution in [-0.2, 0) is 13.1 Å². The summed E-state index contributed by atoms with van der Waals surface area (Å²) in [4.78, 5) is 13.0. The van der Waals surface area contributed by atoms with Crippen LogP contribution >= 0.6 is 23.2 Å². The van der Waals surface area contributed by atoms with Crippen molar-refractivity contribution in [2.24, 2.45) is 0 Å². The number of rotatable bonds is 5. The molecule has 2 aromatic carbocycles. The molecule has 1 fully saturated rings. The minimum absolute atomic E-state index is 0.649. The minimum atomic E-state index is 0.649. The lowest BCUT2D eigenvalue weighted by molar-refractivity contribution is -0.914. The Kier molecular flexibility index (Phi) is 5.76. The molecule has 8 heteroatoms. The highest BCUT2D eigenvalue weighted by molar-refractivity contribution is 6.30. The van der Waals surface area contributed by atoms with Crippen molar-refractivity contribution in [2.45, 2.75) is 13.1 Å². The number of hydrogen-bond acceptors (Lipinski definition) is 4. The van der Waals surface area contributed by atoms with E-state index in [0.29, 0.717) is 6.54 Å². The molecule has 1 aliphatic heterocycles. The molecule has 5 rings (SSSR count). The molecule has 1 aliphatic rings. The number of fused-ring (bicyclic) bond motifs is 1. The first kappa shape index (κ1) is 20.2. The van der Waals surface area contributed by atoms with Crippen LogP contribution in [0.15, 0.2) is 61.1 Å². The summed E-state index contributed by atoms with van der Waals surface area (Å²) in [5.74, 6) is 0.970. The zero-order valence-corrected chi connectivity index (χ0v) is 18.5.